The van der Waals surface area contributed by atoms with Gasteiger partial charge in [0.1, 0.15) is 5.75 Å². The summed E-state index contributed by atoms with van der Waals surface area (Å²) in [4.78, 5) is 15.1. The maximum absolute atomic E-state index is 12.9. The highest BCUT2D eigenvalue weighted by atomic mass is 32.2. The van der Waals surface area contributed by atoms with Crippen LogP contribution in [0.25, 0.3) is 0 Å². The van der Waals surface area contributed by atoms with Gasteiger partial charge >= 0.3 is 0 Å². The summed E-state index contributed by atoms with van der Waals surface area (Å²) in [6.07, 6.45) is 0. The first kappa shape index (κ1) is 23.6. The summed E-state index contributed by atoms with van der Waals surface area (Å²) in [7, 11) is -0.748. The van der Waals surface area contributed by atoms with Gasteiger partial charge in [-0.2, -0.15) is 0 Å². The van der Waals surface area contributed by atoms with Gasteiger partial charge in [-0.3, -0.25) is 9.10 Å². The van der Waals surface area contributed by atoms with Gasteiger partial charge in [-0.15, -0.1) is 0 Å². The Hall–Kier alpha value is -3.56. The lowest BCUT2D eigenvalue weighted by atomic mass is 10.2. The van der Waals surface area contributed by atoms with E-state index in [1.807, 2.05) is 24.3 Å². The van der Waals surface area contributed by atoms with E-state index in [4.69, 9.17) is 9.47 Å². The Labute approximate surface area is 199 Å². The van der Waals surface area contributed by atoms with Gasteiger partial charge in [0.05, 0.1) is 30.9 Å². The number of carbonyl (C=O) groups is 1. The molecule has 1 aliphatic rings. The number of nitrogens with zero attached hydrogens (tertiary/aromatic N) is 2. The number of hydrogen-bond acceptors (Lipinski definition) is 6. The van der Waals surface area contributed by atoms with Crippen molar-refractivity contribution in [1.82, 2.24) is 0 Å². The molecule has 1 fully saturated rings. The molecule has 0 saturated carbocycles. The van der Waals surface area contributed by atoms with Gasteiger partial charge in [0, 0.05) is 37.1 Å². The van der Waals surface area contributed by atoms with Crippen molar-refractivity contribution >= 4 is 33.0 Å². The Bertz CT molecular complexity index is 1220. The molecule has 3 aromatic rings. The van der Waals surface area contributed by atoms with E-state index in [1.165, 1.54) is 30.6 Å². The van der Waals surface area contributed by atoms with Crippen molar-refractivity contribution < 1.29 is 22.7 Å². The van der Waals surface area contributed by atoms with Crippen LogP contribution in [0.4, 0.5) is 17.1 Å². The van der Waals surface area contributed by atoms with Crippen LogP contribution in [0.3, 0.4) is 0 Å². The number of carbonyl (C=O) groups excluding carboxylic acids is 1. The van der Waals surface area contributed by atoms with Gasteiger partial charge in [-0.1, -0.05) is 0 Å². The lowest BCUT2D eigenvalue weighted by Crippen LogP contribution is -2.36. The first-order valence-electron chi connectivity index (χ1n) is 10.9. The molecule has 1 saturated heterocycles. The Morgan fingerprint density at radius 2 is 1.56 bits per heavy atom. The number of anilines is 3. The molecule has 34 heavy (non-hydrogen) atoms. The van der Waals surface area contributed by atoms with Crippen LogP contribution in [-0.2, 0) is 14.8 Å². The summed E-state index contributed by atoms with van der Waals surface area (Å²) in [6, 6.07) is 20.3. The van der Waals surface area contributed by atoms with Crippen molar-refractivity contribution in [3.05, 3.63) is 78.4 Å². The molecule has 1 heterocycles. The van der Waals surface area contributed by atoms with Gasteiger partial charge in [-0.05, 0) is 72.8 Å². The van der Waals surface area contributed by atoms with Crippen molar-refractivity contribution in [2.45, 2.75) is 4.90 Å². The normalized spacial score (nSPS) is 13.9. The van der Waals surface area contributed by atoms with E-state index in [0.717, 1.165) is 18.8 Å². The van der Waals surface area contributed by atoms with Crippen LogP contribution in [0.2, 0.25) is 0 Å². The van der Waals surface area contributed by atoms with Crippen LogP contribution in [0.1, 0.15) is 10.4 Å². The predicted octanol–water partition coefficient (Wildman–Crippen LogP) is 3.61. The monoisotopic (exact) mass is 481 g/mol. The van der Waals surface area contributed by atoms with Gasteiger partial charge in [0.15, 0.2) is 0 Å². The number of rotatable bonds is 7. The second-order valence-corrected chi connectivity index (χ2v) is 9.76. The van der Waals surface area contributed by atoms with E-state index < -0.39 is 10.0 Å². The van der Waals surface area contributed by atoms with Crippen LogP contribution in [0.5, 0.6) is 5.75 Å². The molecule has 1 amide bonds. The second-order valence-electron chi connectivity index (χ2n) is 7.80. The van der Waals surface area contributed by atoms with Crippen molar-refractivity contribution in [3.8, 4) is 5.75 Å². The van der Waals surface area contributed by atoms with E-state index >= 15 is 0 Å². The Morgan fingerprint density at radius 3 is 2.15 bits per heavy atom. The van der Waals surface area contributed by atoms with Crippen molar-refractivity contribution in [2.75, 3.05) is 55.0 Å². The van der Waals surface area contributed by atoms with Gasteiger partial charge in [-0.25, -0.2) is 8.42 Å². The zero-order valence-electron chi connectivity index (χ0n) is 19.1. The number of methoxy groups -OCH3 is 1. The fraction of sp³-hybridized carbons (Fsp3) is 0.240. The van der Waals surface area contributed by atoms with Crippen LogP contribution >= 0.6 is 0 Å². The predicted molar refractivity (Wildman–Crippen MR) is 132 cm³/mol. The summed E-state index contributed by atoms with van der Waals surface area (Å²) < 4.78 is 37.5. The number of benzene rings is 3. The topological polar surface area (TPSA) is 88.2 Å². The largest absolute Gasteiger partial charge is 0.497 e. The zero-order valence-corrected chi connectivity index (χ0v) is 19.9. The minimum absolute atomic E-state index is 0.151. The minimum atomic E-state index is -3.75. The Balaban J connectivity index is 1.41. The molecule has 0 atom stereocenters. The molecular weight excluding hydrogens is 454 g/mol. The summed E-state index contributed by atoms with van der Waals surface area (Å²) in [5, 5.41) is 2.88. The molecule has 4 rings (SSSR count). The third kappa shape index (κ3) is 5.16. The molecule has 0 bridgehead atoms. The molecule has 0 radical (unpaired) electrons. The fourth-order valence-electron chi connectivity index (χ4n) is 3.65. The van der Waals surface area contributed by atoms with Crippen LogP contribution in [0, 0.1) is 0 Å². The highest BCUT2D eigenvalue weighted by Crippen LogP contribution is 2.25. The quantitative estimate of drug-likeness (QED) is 0.555. The Morgan fingerprint density at radius 1 is 0.941 bits per heavy atom. The first-order chi connectivity index (χ1) is 16.4. The van der Waals surface area contributed by atoms with Crippen LogP contribution in [0.15, 0.2) is 77.7 Å². The van der Waals surface area contributed by atoms with E-state index in [0.29, 0.717) is 35.9 Å². The molecule has 9 heteroatoms. The molecule has 1 aliphatic heterocycles. The maximum Gasteiger partial charge on any atom is 0.264 e. The third-order valence-corrected chi connectivity index (χ3v) is 7.51. The highest BCUT2D eigenvalue weighted by molar-refractivity contribution is 7.92. The molecular formula is C25H27N3O5S. The second kappa shape index (κ2) is 10.1. The molecule has 0 unspecified atom stereocenters. The number of morpholine rings is 1. The van der Waals surface area contributed by atoms with E-state index in [1.54, 1.807) is 36.4 Å². The lowest BCUT2D eigenvalue weighted by molar-refractivity contribution is 0.102. The molecule has 0 aromatic heterocycles. The average Bonchev–Trinajstić information content (AvgIpc) is 2.89. The fourth-order valence-corrected chi connectivity index (χ4v) is 4.84. The van der Waals surface area contributed by atoms with Crippen molar-refractivity contribution in [1.29, 1.82) is 0 Å². The first-order valence-corrected chi connectivity index (χ1v) is 12.3. The van der Waals surface area contributed by atoms with E-state index in [9.17, 15) is 13.2 Å². The average molecular weight is 482 g/mol. The maximum atomic E-state index is 12.9. The van der Waals surface area contributed by atoms with Gasteiger partial charge in [0.2, 0.25) is 0 Å². The number of amides is 1. The summed E-state index contributed by atoms with van der Waals surface area (Å²) in [5.74, 6) is 0.305. The number of nitrogens with one attached hydrogen (secondary N) is 1. The smallest absolute Gasteiger partial charge is 0.264 e. The molecule has 1 N–H and O–H groups in total. The summed E-state index contributed by atoms with van der Waals surface area (Å²) >= 11 is 0. The minimum Gasteiger partial charge on any atom is -0.497 e. The molecule has 0 aliphatic carbocycles. The zero-order chi connectivity index (χ0) is 24.1. The standard InChI is InChI=1S/C25H27N3O5S/c1-27(34(30,31)24-13-11-23(32-2)12-14-24)21-7-3-19(4-8-21)25(29)26-20-5-9-22(10-6-20)28-15-17-33-18-16-28/h3-14H,15-18H2,1-2H3,(H,26,29). The molecule has 178 valence electrons. The third-order valence-electron chi connectivity index (χ3n) is 5.71. The van der Waals surface area contributed by atoms with Crippen molar-refractivity contribution in [3.63, 3.8) is 0 Å². The van der Waals surface area contributed by atoms with Crippen LogP contribution < -0.4 is 19.3 Å². The molecule has 3 aromatic carbocycles. The molecule has 0 spiro atoms. The SMILES string of the molecule is COc1ccc(S(=O)(=O)N(C)c2ccc(C(=O)Nc3ccc(N4CCOCC4)cc3)cc2)cc1. The number of sulfonamides is 1. The van der Waals surface area contributed by atoms with Crippen molar-refractivity contribution in [2.24, 2.45) is 0 Å². The lowest BCUT2D eigenvalue weighted by Gasteiger charge is -2.28. The van der Waals surface area contributed by atoms with Crippen LogP contribution in [-0.4, -0.2) is 54.8 Å². The summed E-state index contributed by atoms with van der Waals surface area (Å²) in [5.41, 5.74) is 2.65. The number of ether oxygens (including phenoxy) is 2. The molecule has 8 nitrogen and oxygen atoms in total. The Kier molecular flexibility index (Phi) is 7.04. The highest BCUT2D eigenvalue weighted by Gasteiger charge is 2.21. The van der Waals surface area contributed by atoms with E-state index in [-0.39, 0.29) is 10.8 Å². The van der Waals surface area contributed by atoms with Gasteiger partial charge < -0.3 is 19.7 Å². The number of hydrogen-bond donors (Lipinski definition) is 1. The van der Waals surface area contributed by atoms with Gasteiger partial charge in [0.25, 0.3) is 15.9 Å². The summed E-state index contributed by atoms with van der Waals surface area (Å²) in [6.45, 7) is 3.12. The van der Waals surface area contributed by atoms with E-state index in [2.05, 4.69) is 10.2 Å².